The number of thiocarbonyl (C=S) groups is 1. The van der Waals surface area contributed by atoms with Crippen LogP contribution in [0.5, 0.6) is 0 Å². The minimum absolute atomic E-state index is 0.142. The first-order valence-corrected chi connectivity index (χ1v) is 14.9. The van der Waals surface area contributed by atoms with Gasteiger partial charge in [-0.1, -0.05) is 54.1 Å². The zero-order valence-electron chi connectivity index (χ0n) is 21.5. The summed E-state index contributed by atoms with van der Waals surface area (Å²) in [5.74, 6) is -0.142. The molecule has 0 saturated carbocycles. The molecule has 1 atom stereocenters. The molecule has 0 spiro atoms. The van der Waals surface area contributed by atoms with Gasteiger partial charge in [0.2, 0.25) is 5.91 Å². The number of nitrogens with zero attached hydrogens (tertiary/aromatic N) is 1. The quantitative estimate of drug-likeness (QED) is 0.155. The maximum Gasteiger partial charge on any atom is 0.243 e. The van der Waals surface area contributed by atoms with Crippen molar-refractivity contribution in [1.82, 2.24) is 0 Å². The Morgan fingerprint density at radius 2 is 1.69 bits per heavy atom. The Morgan fingerprint density at radius 1 is 0.949 bits per heavy atom. The third kappa shape index (κ3) is 6.69. The van der Waals surface area contributed by atoms with Gasteiger partial charge in [-0.05, 0) is 86.3 Å². The van der Waals surface area contributed by atoms with Crippen LogP contribution in [-0.2, 0) is 17.6 Å². The number of aryl methyl sites for hydroxylation is 2. The summed E-state index contributed by atoms with van der Waals surface area (Å²) in [4.78, 5) is 15.9. The molecule has 5 nitrogen and oxygen atoms in total. The summed E-state index contributed by atoms with van der Waals surface area (Å²) in [5.41, 5.74) is 5.56. The van der Waals surface area contributed by atoms with E-state index in [1.807, 2.05) is 85.8 Å². The zero-order chi connectivity index (χ0) is 27.2. The van der Waals surface area contributed by atoms with Crippen LogP contribution in [0.1, 0.15) is 45.2 Å². The first kappa shape index (κ1) is 26.9. The molecule has 8 heteroatoms. The Labute approximate surface area is 242 Å². The van der Waals surface area contributed by atoms with E-state index in [1.165, 1.54) is 22.2 Å². The molecule has 1 aromatic heterocycles. The molecule has 3 N–H and O–H groups in total. The third-order valence-corrected chi connectivity index (χ3v) is 9.17. The molecule has 1 aliphatic rings. The van der Waals surface area contributed by atoms with E-state index in [9.17, 15) is 10.1 Å². The molecule has 196 valence electrons. The minimum Gasteiger partial charge on any atom is -0.332 e. The van der Waals surface area contributed by atoms with Gasteiger partial charge in [-0.25, -0.2) is 0 Å². The van der Waals surface area contributed by atoms with Crippen molar-refractivity contribution < 1.29 is 4.79 Å². The summed E-state index contributed by atoms with van der Waals surface area (Å²) >= 11 is 8.53. The van der Waals surface area contributed by atoms with Crippen LogP contribution < -0.4 is 16.0 Å². The van der Waals surface area contributed by atoms with Crippen LogP contribution >= 0.6 is 35.3 Å². The average Bonchev–Trinajstić information content (AvgIpc) is 3.30. The van der Waals surface area contributed by atoms with Gasteiger partial charge >= 0.3 is 0 Å². The van der Waals surface area contributed by atoms with Crippen molar-refractivity contribution in [3.05, 3.63) is 106 Å². The number of thioether (sulfide) groups is 1. The van der Waals surface area contributed by atoms with Crippen LogP contribution in [0.15, 0.2) is 83.8 Å². The highest BCUT2D eigenvalue weighted by Crippen LogP contribution is 2.41. The zero-order valence-corrected chi connectivity index (χ0v) is 23.9. The molecule has 39 heavy (non-hydrogen) atoms. The van der Waals surface area contributed by atoms with Crippen LogP contribution in [-0.4, -0.2) is 11.0 Å². The third-order valence-electron chi connectivity index (χ3n) is 6.52. The van der Waals surface area contributed by atoms with Gasteiger partial charge in [0.05, 0.1) is 5.56 Å². The Hall–Kier alpha value is -3.64. The fourth-order valence-electron chi connectivity index (χ4n) is 4.56. The molecule has 1 aliphatic carbocycles. The molecule has 3 aromatic carbocycles. The van der Waals surface area contributed by atoms with Gasteiger partial charge in [0.25, 0.3) is 0 Å². The predicted octanol–water partition coefficient (Wildman–Crippen LogP) is 8.09. The van der Waals surface area contributed by atoms with Crippen LogP contribution in [0.3, 0.4) is 0 Å². The number of carbonyl (C=O) groups excluding carboxylic acids is 1. The number of nitriles is 1. The van der Waals surface area contributed by atoms with Crippen LogP contribution in [0.2, 0.25) is 0 Å². The number of anilines is 3. The second kappa shape index (κ2) is 12.5. The second-order valence-corrected chi connectivity index (χ2v) is 12.1. The van der Waals surface area contributed by atoms with Crippen molar-refractivity contribution in [3.8, 4) is 6.07 Å². The lowest BCUT2D eigenvalue weighted by Crippen LogP contribution is -2.19. The van der Waals surface area contributed by atoms with E-state index in [1.54, 1.807) is 11.3 Å². The van der Waals surface area contributed by atoms with E-state index in [0.717, 1.165) is 53.1 Å². The lowest BCUT2D eigenvalue weighted by Gasteiger charge is -2.18. The minimum atomic E-state index is -0.496. The van der Waals surface area contributed by atoms with Crippen molar-refractivity contribution in [1.29, 1.82) is 5.26 Å². The van der Waals surface area contributed by atoms with Crippen LogP contribution in [0, 0.1) is 18.3 Å². The summed E-state index contributed by atoms with van der Waals surface area (Å²) in [6.07, 6.45) is 4.09. The van der Waals surface area contributed by atoms with Crippen molar-refractivity contribution in [2.45, 2.75) is 42.8 Å². The molecule has 1 heterocycles. The molecule has 0 radical (unpaired) electrons. The molecule has 0 aliphatic heterocycles. The Balaban J connectivity index is 1.33. The van der Waals surface area contributed by atoms with Gasteiger partial charge in [-0.2, -0.15) is 5.26 Å². The number of amides is 1. The van der Waals surface area contributed by atoms with Gasteiger partial charge in [0.15, 0.2) is 5.11 Å². The SMILES string of the molecule is Cc1ccc(NC(=S)Nc2cccc(SC(C(=O)Nc3sc4c(c3C#N)CCCC4)c3ccccc3)c2)cc1. The first-order valence-electron chi connectivity index (χ1n) is 12.8. The average molecular weight is 569 g/mol. The van der Waals surface area contributed by atoms with Crippen molar-refractivity contribution in [2.75, 3.05) is 16.0 Å². The highest BCUT2D eigenvalue weighted by Gasteiger charge is 2.26. The lowest BCUT2D eigenvalue weighted by molar-refractivity contribution is -0.115. The van der Waals surface area contributed by atoms with E-state index in [0.29, 0.717) is 15.7 Å². The number of carbonyl (C=O) groups is 1. The maximum atomic E-state index is 13.7. The Kier molecular flexibility index (Phi) is 8.62. The van der Waals surface area contributed by atoms with Crippen molar-refractivity contribution in [2.24, 2.45) is 0 Å². The van der Waals surface area contributed by atoms with E-state index in [4.69, 9.17) is 12.2 Å². The second-order valence-electron chi connectivity index (χ2n) is 9.40. The lowest BCUT2D eigenvalue weighted by atomic mass is 9.96. The maximum absolute atomic E-state index is 13.7. The van der Waals surface area contributed by atoms with E-state index < -0.39 is 5.25 Å². The largest absolute Gasteiger partial charge is 0.332 e. The van der Waals surface area contributed by atoms with E-state index in [2.05, 4.69) is 22.0 Å². The summed E-state index contributed by atoms with van der Waals surface area (Å²) in [5, 5.41) is 20.1. The summed E-state index contributed by atoms with van der Waals surface area (Å²) < 4.78 is 0. The molecule has 0 fully saturated rings. The predicted molar refractivity (Wildman–Crippen MR) is 167 cm³/mol. The van der Waals surface area contributed by atoms with Gasteiger partial charge in [0, 0.05) is 21.1 Å². The van der Waals surface area contributed by atoms with Crippen molar-refractivity contribution in [3.63, 3.8) is 0 Å². The summed E-state index contributed by atoms with van der Waals surface area (Å²) in [6, 6.07) is 28.0. The summed E-state index contributed by atoms with van der Waals surface area (Å²) in [7, 11) is 0. The number of hydrogen-bond donors (Lipinski definition) is 3. The number of nitrogens with one attached hydrogen (secondary N) is 3. The smallest absolute Gasteiger partial charge is 0.243 e. The van der Waals surface area contributed by atoms with Crippen molar-refractivity contribution >= 4 is 62.7 Å². The molecule has 1 amide bonds. The van der Waals surface area contributed by atoms with Crippen LogP contribution in [0.25, 0.3) is 0 Å². The normalized spacial score (nSPS) is 13.0. The highest BCUT2D eigenvalue weighted by atomic mass is 32.2. The molecule has 5 rings (SSSR count). The first-order chi connectivity index (χ1) is 19.0. The van der Waals surface area contributed by atoms with Gasteiger partial charge in [0.1, 0.15) is 16.3 Å². The van der Waals surface area contributed by atoms with E-state index in [-0.39, 0.29) is 5.91 Å². The molecular weight excluding hydrogens is 541 g/mol. The summed E-state index contributed by atoms with van der Waals surface area (Å²) in [6.45, 7) is 2.04. The topological polar surface area (TPSA) is 76.9 Å². The molecular formula is C31H28N4OS3. The van der Waals surface area contributed by atoms with Gasteiger partial charge in [-0.3, -0.25) is 4.79 Å². The fourth-order valence-corrected chi connectivity index (χ4v) is 7.13. The van der Waals surface area contributed by atoms with Gasteiger partial charge < -0.3 is 16.0 Å². The molecule has 4 aromatic rings. The number of fused-ring (bicyclic) bond motifs is 1. The van der Waals surface area contributed by atoms with Crippen LogP contribution in [0.4, 0.5) is 16.4 Å². The molecule has 0 bridgehead atoms. The Bertz CT molecular complexity index is 1520. The highest BCUT2D eigenvalue weighted by molar-refractivity contribution is 8.00. The molecule has 1 unspecified atom stereocenters. The number of rotatable bonds is 7. The van der Waals surface area contributed by atoms with Gasteiger partial charge in [-0.15, -0.1) is 23.1 Å². The van der Waals surface area contributed by atoms with E-state index >= 15 is 0 Å². The number of thiophene rings is 1. The monoisotopic (exact) mass is 568 g/mol. The number of benzene rings is 3. The molecule has 0 saturated heterocycles. The number of hydrogen-bond acceptors (Lipinski definition) is 5. The Morgan fingerprint density at radius 3 is 2.46 bits per heavy atom. The standard InChI is InChI=1S/C31H28N4OS3/c1-20-14-16-22(17-15-20)33-31(37)34-23-10-7-11-24(18-23)38-28(21-8-3-2-4-9-21)29(36)35-30-26(19-32)25-12-5-6-13-27(25)39-30/h2-4,7-11,14-18,28H,5-6,12-13H2,1H3,(H,35,36)(H2,33,34,37). The fraction of sp³-hybridized carbons (Fsp3) is 0.194.